The third kappa shape index (κ3) is 3.26. The van der Waals surface area contributed by atoms with Crippen molar-refractivity contribution < 1.29 is 14.2 Å². The zero-order valence-electron chi connectivity index (χ0n) is 17.0. The number of allylic oxidation sites excluding steroid dienone is 1. The number of nitrogens with zero attached hydrogens (tertiary/aromatic N) is 1. The van der Waals surface area contributed by atoms with Crippen molar-refractivity contribution in [2.75, 3.05) is 27.9 Å². The Kier molecular flexibility index (Phi) is 5.31. The SMILES string of the molecule is COc1ccc(CN2CC[C@]3(c4ccc(OC)c(OC)c4)C=CCC[C@H]23)cc1. The average Bonchev–Trinajstić information content (AvgIpc) is 3.13. The lowest BCUT2D eigenvalue weighted by atomic mass is 9.70. The minimum Gasteiger partial charge on any atom is -0.497 e. The molecule has 28 heavy (non-hydrogen) atoms. The van der Waals surface area contributed by atoms with Crippen molar-refractivity contribution in [1.82, 2.24) is 4.90 Å². The van der Waals surface area contributed by atoms with Gasteiger partial charge in [0, 0.05) is 24.5 Å². The third-order valence-corrected chi connectivity index (χ3v) is 6.34. The standard InChI is InChI=1S/C24H29NO3/c1-26-20-10-7-18(8-11-20)17-25-15-14-24(13-5-4-6-23(24)25)19-9-12-21(27-2)22(16-19)28-3/h5,7-13,16,23H,4,6,14-15,17H2,1-3H3/t23-,24-/m0/s1. The Morgan fingerprint density at radius 2 is 1.75 bits per heavy atom. The van der Waals surface area contributed by atoms with Gasteiger partial charge >= 0.3 is 0 Å². The van der Waals surface area contributed by atoms with Gasteiger partial charge in [0.15, 0.2) is 11.5 Å². The van der Waals surface area contributed by atoms with E-state index in [0.717, 1.165) is 43.2 Å². The van der Waals surface area contributed by atoms with Gasteiger partial charge in [0.05, 0.1) is 21.3 Å². The highest BCUT2D eigenvalue weighted by atomic mass is 16.5. The molecule has 0 N–H and O–H groups in total. The van der Waals surface area contributed by atoms with Crippen LogP contribution >= 0.6 is 0 Å². The molecule has 1 heterocycles. The Bertz CT molecular complexity index is 845. The number of ether oxygens (including phenoxy) is 3. The Morgan fingerprint density at radius 1 is 0.964 bits per heavy atom. The number of fused-ring (bicyclic) bond motifs is 1. The summed E-state index contributed by atoms with van der Waals surface area (Å²) in [7, 11) is 5.10. The molecule has 2 aromatic carbocycles. The molecular formula is C24H29NO3. The van der Waals surface area contributed by atoms with E-state index in [1.807, 2.05) is 18.2 Å². The summed E-state index contributed by atoms with van der Waals surface area (Å²) in [5, 5.41) is 0. The van der Waals surface area contributed by atoms with E-state index < -0.39 is 0 Å². The summed E-state index contributed by atoms with van der Waals surface area (Å²) in [5.74, 6) is 2.50. The first-order chi connectivity index (χ1) is 13.7. The van der Waals surface area contributed by atoms with Gasteiger partial charge in [-0.3, -0.25) is 4.90 Å². The van der Waals surface area contributed by atoms with Crippen molar-refractivity contribution in [1.29, 1.82) is 0 Å². The molecule has 0 bridgehead atoms. The second-order valence-electron chi connectivity index (χ2n) is 7.67. The van der Waals surface area contributed by atoms with Gasteiger partial charge in [0.2, 0.25) is 0 Å². The van der Waals surface area contributed by atoms with Crippen LogP contribution in [-0.2, 0) is 12.0 Å². The highest BCUT2D eigenvalue weighted by molar-refractivity contribution is 5.48. The van der Waals surface area contributed by atoms with Crippen molar-refractivity contribution in [2.45, 2.75) is 37.3 Å². The maximum atomic E-state index is 5.58. The number of methoxy groups -OCH3 is 3. The van der Waals surface area contributed by atoms with Gasteiger partial charge in [-0.25, -0.2) is 0 Å². The summed E-state index contributed by atoms with van der Waals surface area (Å²) >= 11 is 0. The van der Waals surface area contributed by atoms with Gasteiger partial charge in [-0.1, -0.05) is 30.4 Å². The highest BCUT2D eigenvalue weighted by Gasteiger charge is 2.47. The predicted octanol–water partition coefficient (Wildman–Crippen LogP) is 4.57. The molecule has 4 nitrogen and oxygen atoms in total. The zero-order valence-corrected chi connectivity index (χ0v) is 17.0. The lowest BCUT2D eigenvalue weighted by Gasteiger charge is -2.39. The summed E-state index contributed by atoms with van der Waals surface area (Å²) in [6.07, 6.45) is 8.24. The second-order valence-corrected chi connectivity index (χ2v) is 7.67. The molecule has 1 fully saturated rings. The maximum absolute atomic E-state index is 5.58. The number of likely N-dealkylation sites (tertiary alicyclic amines) is 1. The van der Waals surface area contributed by atoms with E-state index in [4.69, 9.17) is 14.2 Å². The molecule has 0 saturated carbocycles. The molecule has 0 spiro atoms. The fourth-order valence-electron chi connectivity index (χ4n) is 4.87. The van der Waals surface area contributed by atoms with E-state index in [2.05, 4.69) is 41.3 Å². The molecule has 1 saturated heterocycles. The number of hydrogen-bond acceptors (Lipinski definition) is 4. The molecule has 0 radical (unpaired) electrons. The van der Waals surface area contributed by atoms with Crippen molar-refractivity contribution in [3.8, 4) is 17.2 Å². The lowest BCUT2D eigenvalue weighted by Crippen LogP contribution is -2.42. The van der Waals surface area contributed by atoms with Crippen LogP contribution in [0.2, 0.25) is 0 Å². The first-order valence-corrected chi connectivity index (χ1v) is 9.97. The Balaban J connectivity index is 1.63. The highest BCUT2D eigenvalue weighted by Crippen LogP contribution is 2.47. The fourth-order valence-corrected chi connectivity index (χ4v) is 4.87. The minimum atomic E-state index is 0.0459. The summed E-state index contributed by atoms with van der Waals surface area (Å²) < 4.78 is 16.3. The fraction of sp³-hybridized carbons (Fsp3) is 0.417. The smallest absolute Gasteiger partial charge is 0.161 e. The van der Waals surface area contributed by atoms with Crippen LogP contribution in [0.5, 0.6) is 17.2 Å². The molecule has 1 aliphatic heterocycles. The molecule has 148 valence electrons. The number of hydrogen-bond donors (Lipinski definition) is 0. The first-order valence-electron chi connectivity index (χ1n) is 9.97. The van der Waals surface area contributed by atoms with E-state index in [-0.39, 0.29) is 5.41 Å². The summed E-state index contributed by atoms with van der Waals surface area (Å²) in [5.41, 5.74) is 2.70. The van der Waals surface area contributed by atoms with Crippen molar-refractivity contribution in [2.24, 2.45) is 0 Å². The monoisotopic (exact) mass is 379 g/mol. The van der Waals surface area contributed by atoms with Crippen LogP contribution in [0, 0.1) is 0 Å². The van der Waals surface area contributed by atoms with Gasteiger partial charge in [-0.05, 0) is 54.7 Å². The van der Waals surface area contributed by atoms with Crippen LogP contribution in [-0.4, -0.2) is 38.8 Å². The number of benzene rings is 2. The number of rotatable bonds is 6. The normalized spacial score (nSPS) is 24.0. The minimum absolute atomic E-state index is 0.0459. The lowest BCUT2D eigenvalue weighted by molar-refractivity contribution is 0.200. The van der Waals surface area contributed by atoms with Crippen molar-refractivity contribution in [3.05, 3.63) is 65.7 Å². The van der Waals surface area contributed by atoms with E-state index in [1.54, 1.807) is 21.3 Å². The van der Waals surface area contributed by atoms with Crippen LogP contribution in [0.25, 0.3) is 0 Å². The summed E-state index contributed by atoms with van der Waals surface area (Å²) in [6, 6.07) is 15.4. The van der Waals surface area contributed by atoms with E-state index in [1.165, 1.54) is 17.5 Å². The third-order valence-electron chi connectivity index (χ3n) is 6.34. The molecule has 2 atom stereocenters. The molecule has 4 rings (SSSR count). The van der Waals surface area contributed by atoms with E-state index >= 15 is 0 Å². The van der Waals surface area contributed by atoms with Gasteiger partial charge in [0.1, 0.15) is 5.75 Å². The van der Waals surface area contributed by atoms with Crippen LogP contribution in [0.4, 0.5) is 0 Å². The van der Waals surface area contributed by atoms with Gasteiger partial charge in [0.25, 0.3) is 0 Å². The Morgan fingerprint density at radius 3 is 2.46 bits per heavy atom. The largest absolute Gasteiger partial charge is 0.497 e. The van der Waals surface area contributed by atoms with Crippen molar-refractivity contribution in [3.63, 3.8) is 0 Å². The molecule has 1 aliphatic carbocycles. The first kappa shape index (κ1) is 18.9. The molecule has 0 aromatic heterocycles. The summed E-state index contributed by atoms with van der Waals surface area (Å²) in [4.78, 5) is 2.64. The van der Waals surface area contributed by atoms with E-state index in [9.17, 15) is 0 Å². The summed E-state index contributed by atoms with van der Waals surface area (Å²) in [6.45, 7) is 2.06. The zero-order chi connectivity index (χ0) is 19.6. The molecule has 2 aromatic rings. The van der Waals surface area contributed by atoms with Crippen LogP contribution < -0.4 is 14.2 Å². The Labute approximate surface area is 167 Å². The van der Waals surface area contributed by atoms with Crippen LogP contribution in [0.15, 0.2) is 54.6 Å². The second kappa shape index (κ2) is 7.88. The van der Waals surface area contributed by atoms with Gasteiger partial charge in [-0.15, -0.1) is 0 Å². The Hall–Kier alpha value is -2.46. The topological polar surface area (TPSA) is 30.9 Å². The average molecular weight is 380 g/mol. The maximum Gasteiger partial charge on any atom is 0.161 e. The van der Waals surface area contributed by atoms with Crippen LogP contribution in [0.1, 0.15) is 30.4 Å². The molecular weight excluding hydrogens is 350 g/mol. The quantitative estimate of drug-likeness (QED) is 0.688. The van der Waals surface area contributed by atoms with Gasteiger partial charge in [-0.2, -0.15) is 0 Å². The van der Waals surface area contributed by atoms with E-state index in [0.29, 0.717) is 6.04 Å². The molecule has 4 heteroatoms. The predicted molar refractivity (Wildman–Crippen MR) is 111 cm³/mol. The molecule has 0 amide bonds. The molecule has 0 unspecified atom stereocenters. The van der Waals surface area contributed by atoms with Gasteiger partial charge < -0.3 is 14.2 Å². The van der Waals surface area contributed by atoms with Crippen molar-refractivity contribution >= 4 is 0 Å². The molecule has 2 aliphatic rings. The van der Waals surface area contributed by atoms with Crippen LogP contribution in [0.3, 0.4) is 0 Å².